The summed E-state index contributed by atoms with van der Waals surface area (Å²) in [6, 6.07) is 5.32. The number of benzene rings is 1. The van der Waals surface area contributed by atoms with Gasteiger partial charge >= 0.3 is 0 Å². The molecule has 0 aromatic heterocycles. The van der Waals surface area contributed by atoms with Crippen LogP contribution in [0.25, 0.3) is 0 Å². The van der Waals surface area contributed by atoms with Crippen LogP contribution in [0.1, 0.15) is 18.1 Å². The third-order valence-corrected chi connectivity index (χ3v) is 2.67. The lowest BCUT2D eigenvalue weighted by atomic mass is 10.1. The lowest BCUT2D eigenvalue weighted by Gasteiger charge is -2.15. The van der Waals surface area contributed by atoms with Crippen LogP contribution in [0.2, 0.25) is 0 Å². The molecule has 0 saturated heterocycles. The predicted octanol–water partition coefficient (Wildman–Crippen LogP) is 1.47. The molecule has 3 N–H and O–H groups in total. The van der Waals surface area contributed by atoms with Crippen LogP contribution in [0, 0.1) is 6.92 Å². The second-order valence-corrected chi connectivity index (χ2v) is 4.01. The zero-order valence-corrected chi connectivity index (χ0v) is 10.6. The molecular formula is C13H20N2O2. The maximum absolute atomic E-state index is 11.8. The van der Waals surface area contributed by atoms with Crippen molar-refractivity contribution < 1.29 is 9.53 Å². The molecule has 0 radical (unpaired) electrons. The van der Waals surface area contributed by atoms with Gasteiger partial charge in [0.05, 0.1) is 6.61 Å². The summed E-state index contributed by atoms with van der Waals surface area (Å²) in [5.41, 5.74) is 8.70. The fourth-order valence-corrected chi connectivity index (χ4v) is 1.67. The Morgan fingerprint density at radius 1 is 1.53 bits per heavy atom. The van der Waals surface area contributed by atoms with Crippen molar-refractivity contribution in [3.05, 3.63) is 29.3 Å². The summed E-state index contributed by atoms with van der Waals surface area (Å²) in [7, 11) is 1.53. The number of methoxy groups -OCH3 is 1. The molecule has 0 spiro atoms. The first-order valence-corrected chi connectivity index (χ1v) is 5.74. The summed E-state index contributed by atoms with van der Waals surface area (Å²) in [5.74, 6) is -0.212. The highest BCUT2D eigenvalue weighted by molar-refractivity contribution is 5.96. The van der Waals surface area contributed by atoms with Crippen molar-refractivity contribution in [1.82, 2.24) is 0 Å². The molecule has 4 nitrogen and oxygen atoms in total. The zero-order chi connectivity index (χ0) is 12.8. The van der Waals surface area contributed by atoms with Crippen molar-refractivity contribution >= 4 is 11.6 Å². The summed E-state index contributed by atoms with van der Waals surface area (Å²) < 4.78 is 4.86. The number of ether oxygens (including phenoxy) is 1. The molecule has 94 valence electrons. The Morgan fingerprint density at radius 2 is 2.24 bits per heavy atom. The third-order valence-electron chi connectivity index (χ3n) is 2.67. The molecule has 1 rings (SSSR count). The molecule has 1 aromatic carbocycles. The molecular weight excluding hydrogens is 216 g/mol. The van der Waals surface area contributed by atoms with E-state index in [-0.39, 0.29) is 12.5 Å². The fraction of sp³-hybridized carbons (Fsp3) is 0.462. The fourth-order valence-electron chi connectivity index (χ4n) is 1.67. The molecule has 0 aliphatic rings. The van der Waals surface area contributed by atoms with Gasteiger partial charge in [-0.15, -0.1) is 0 Å². The Balaban J connectivity index is 2.84. The number of aryl methyl sites for hydroxylation is 2. The van der Waals surface area contributed by atoms with Gasteiger partial charge in [-0.25, -0.2) is 0 Å². The highest BCUT2D eigenvalue weighted by Gasteiger charge is 2.15. The number of para-hydroxylation sites is 1. The SMILES string of the molecule is CCc1cccc(C)c1NC(=O)C(N)COC. The van der Waals surface area contributed by atoms with Crippen molar-refractivity contribution in [2.24, 2.45) is 5.73 Å². The van der Waals surface area contributed by atoms with Gasteiger partial charge in [0.25, 0.3) is 0 Å². The number of amides is 1. The number of nitrogens with two attached hydrogens (primary N) is 1. The van der Waals surface area contributed by atoms with Crippen LogP contribution in [-0.4, -0.2) is 25.7 Å². The van der Waals surface area contributed by atoms with Crippen LogP contribution in [0.15, 0.2) is 18.2 Å². The quantitative estimate of drug-likeness (QED) is 0.813. The van der Waals surface area contributed by atoms with Crippen molar-refractivity contribution in [2.75, 3.05) is 19.0 Å². The van der Waals surface area contributed by atoms with Gasteiger partial charge in [0.2, 0.25) is 5.91 Å². The lowest BCUT2D eigenvalue weighted by molar-refractivity contribution is -0.118. The van der Waals surface area contributed by atoms with Gasteiger partial charge in [-0.2, -0.15) is 0 Å². The molecule has 0 aliphatic carbocycles. The summed E-state index contributed by atoms with van der Waals surface area (Å²) >= 11 is 0. The average Bonchev–Trinajstić information content (AvgIpc) is 2.31. The number of carbonyl (C=O) groups is 1. The molecule has 1 unspecified atom stereocenters. The van der Waals surface area contributed by atoms with Crippen LogP contribution in [0.4, 0.5) is 5.69 Å². The van der Waals surface area contributed by atoms with E-state index in [9.17, 15) is 4.79 Å². The van der Waals surface area contributed by atoms with E-state index in [2.05, 4.69) is 12.2 Å². The molecule has 0 aliphatic heterocycles. The Hall–Kier alpha value is -1.39. The van der Waals surface area contributed by atoms with E-state index in [1.165, 1.54) is 7.11 Å². The van der Waals surface area contributed by atoms with Crippen molar-refractivity contribution in [3.63, 3.8) is 0 Å². The molecule has 4 heteroatoms. The average molecular weight is 236 g/mol. The number of hydrogen-bond donors (Lipinski definition) is 2. The summed E-state index contributed by atoms with van der Waals surface area (Å²) in [4.78, 5) is 11.8. The zero-order valence-electron chi connectivity index (χ0n) is 10.6. The van der Waals surface area contributed by atoms with Gasteiger partial charge in [-0.05, 0) is 24.5 Å². The Labute approximate surface area is 102 Å². The van der Waals surface area contributed by atoms with Gasteiger partial charge in [0, 0.05) is 12.8 Å². The number of anilines is 1. The maximum atomic E-state index is 11.8. The van der Waals surface area contributed by atoms with Crippen molar-refractivity contribution in [3.8, 4) is 0 Å². The van der Waals surface area contributed by atoms with Gasteiger partial charge in [-0.3, -0.25) is 4.79 Å². The first-order chi connectivity index (χ1) is 8.10. The molecule has 0 fully saturated rings. The Morgan fingerprint density at radius 3 is 2.82 bits per heavy atom. The van der Waals surface area contributed by atoms with Gasteiger partial charge in [0.1, 0.15) is 6.04 Å². The van der Waals surface area contributed by atoms with E-state index < -0.39 is 6.04 Å². The van der Waals surface area contributed by atoms with Crippen molar-refractivity contribution in [1.29, 1.82) is 0 Å². The number of carbonyl (C=O) groups excluding carboxylic acids is 1. The third kappa shape index (κ3) is 3.54. The minimum absolute atomic E-state index is 0.212. The maximum Gasteiger partial charge on any atom is 0.243 e. The second-order valence-electron chi connectivity index (χ2n) is 4.01. The molecule has 0 bridgehead atoms. The topological polar surface area (TPSA) is 64.4 Å². The van der Waals surface area contributed by atoms with Gasteiger partial charge < -0.3 is 15.8 Å². The van der Waals surface area contributed by atoms with E-state index in [1.807, 2.05) is 25.1 Å². The smallest absolute Gasteiger partial charge is 0.243 e. The van der Waals surface area contributed by atoms with Gasteiger partial charge in [0.15, 0.2) is 0 Å². The largest absolute Gasteiger partial charge is 0.383 e. The number of hydrogen-bond acceptors (Lipinski definition) is 3. The molecule has 0 saturated carbocycles. The highest BCUT2D eigenvalue weighted by atomic mass is 16.5. The normalized spacial score (nSPS) is 12.2. The van der Waals surface area contributed by atoms with Crippen LogP contribution < -0.4 is 11.1 Å². The minimum Gasteiger partial charge on any atom is -0.383 e. The van der Waals surface area contributed by atoms with E-state index in [4.69, 9.17) is 10.5 Å². The predicted molar refractivity (Wildman–Crippen MR) is 69.0 cm³/mol. The Kier molecular flexibility index (Phi) is 5.12. The lowest BCUT2D eigenvalue weighted by Crippen LogP contribution is -2.39. The molecule has 1 aromatic rings. The van der Waals surface area contributed by atoms with Gasteiger partial charge in [-0.1, -0.05) is 25.1 Å². The number of rotatable bonds is 5. The minimum atomic E-state index is -0.635. The van der Waals surface area contributed by atoms with E-state index in [1.54, 1.807) is 0 Å². The van der Waals surface area contributed by atoms with Crippen LogP contribution >= 0.6 is 0 Å². The molecule has 0 heterocycles. The van der Waals surface area contributed by atoms with E-state index in [0.29, 0.717) is 0 Å². The summed E-state index contributed by atoms with van der Waals surface area (Å²) in [5, 5.41) is 2.87. The molecule has 17 heavy (non-hydrogen) atoms. The highest BCUT2D eigenvalue weighted by Crippen LogP contribution is 2.21. The van der Waals surface area contributed by atoms with Crippen LogP contribution in [0.5, 0.6) is 0 Å². The molecule has 1 amide bonds. The second kappa shape index (κ2) is 6.37. The Bertz CT molecular complexity index is 391. The van der Waals surface area contributed by atoms with Crippen LogP contribution in [-0.2, 0) is 16.0 Å². The number of nitrogens with one attached hydrogen (secondary N) is 1. The first-order valence-electron chi connectivity index (χ1n) is 5.74. The van der Waals surface area contributed by atoms with E-state index >= 15 is 0 Å². The molecule has 1 atom stereocenters. The first kappa shape index (κ1) is 13.7. The van der Waals surface area contributed by atoms with Crippen molar-refractivity contribution in [2.45, 2.75) is 26.3 Å². The summed E-state index contributed by atoms with van der Waals surface area (Å²) in [6.45, 7) is 4.25. The monoisotopic (exact) mass is 236 g/mol. The summed E-state index contributed by atoms with van der Waals surface area (Å²) in [6.07, 6.45) is 0.872. The van der Waals surface area contributed by atoms with Crippen LogP contribution in [0.3, 0.4) is 0 Å². The van der Waals surface area contributed by atoms with E-state index in [0.717, 1.165) is 23.2 Å². The standard InChI is InChI=1S/C13H20N2O2/c1-4-10-7-5-6-9(2)12(10)15-13(16)11(14)8-17-3/h5-7,11H,4,8,14H2,1-3H3,(H,15,16).